The van der Waals surface area contributed by atoms with Crippen molar-refractivity contribution in [1.82, 2.24) is 10.3 Å². The summed E-state index contributed by atoms with van der Waals surface area (Å²) in [5.74, 6) is 0.348. The molecule has 3 rings (SSSR count). The normalized spacial score (nSPS) is 15.3. The Morgan fingerprint density at radius 3 is 2.35 bits per heavy atom. The maximum atomic E-state index is 12.7. The third-order valence-corrected chi connectivity index (χ3v) is 4.56. The van der Waals surface area contributed by atoms with E-state index in [1.54, 1.807) is 0 Å². The molecule has 0 saturated heterocycles. The first-order valence-electron chi connectivity index (χ1n) is 8.05. The van der Waals surface area contributed by atoms with E-state index in [1.165, 1.54) is 6.92 Å². The number of ketones is 1. The predicted molar refractivity (Wildman–Crippen MR) is 89.6 cm³/mol. The quantitative estimate of drug-likeness (QED) is 0.827. The molecule has 120 valence electrons. The topological polar surface area (TPSA) is 62.0 Å². The lowest BCUT2D eigenvalue weighted by Gasteiger charge is -2.18. The van der Waals surface area contributed by atoms with Crippen molar-refractivity contribution in [3.05, 3.63) is 58.4 Å². The largest absolute Gasteiger partial charge is 0.354 e. The Morgan fingerprint density at radius 2 is 1.83 bits per heavy atom. The van der Waals surface area contributed by atoms with E-state index >= 15 is 0 Å². The zero-order chi connectivity index (χ0) is 16.6. The highest BCUT2D eigenvalue weighted by molar-refractivity contribution is 6.02. The number of aromatic nitrogens is 1. The number of Topliss-reactive ketones (excluding diaryl/α,β-unsaturated/α-hetero) is 1. The Balaban J connectivity index is 1.86. The minimum absolute atomic E-state index is 0.0166. The summed E-state index contributed by atoms with van der Waals surface area (Å²) in [7, 11) is 0. The molecule has 1 aromatic heterocycles. The van der Waals surface area contributed by atoms with Crippen molar-refractivity contribution in [1.29, 1.82) is 0 Å². The fourth-order valence-corrected chi connectivity index (χ4v) is 3.28. The molecular weight excluding hydrogens is 288 g/mol. The molecule has 2 N–H and O–H groups in total. The van der Waals surface area contributed by atoms with Gasteiger partial charge in [-0.2, -0.15) is 0 Å². The molecule has 1 amide bonds. The van der Waals surface area contributed by atoms with Gasteiger partial charge in [0, 0.05) is 11.3 Å². The number of benzene rings is 1. The Bertz CT molecular complexity index is 742. The molecule has 0 unspecified atom stereocenters. The number of aryl methyl sites for hydroxylation is 1. The first-order chi connectivity index (χ1) is 11.0. The van der Waals surface area contributed by atoms with Crippen molar-refractivity contribution in [2.45, 2.75) is 39.7 Å². The Morgan fingerprint density at radius 1 is 1.17 bits per heavy atom. The van der Waals surface area contributed by atoms with Gasteiger partial charge in [0.15, 0.2) is 5.78 Å². The average Bonchev–Trinajstić information content (AvgIpc) is 3.30. The van der Waals surface area contributed by atoms with Crippen molar-refractivity contribution in [3.63, 3.8) is 0 Å². The Labute approximate surface area is 136 Å². The van der Waals surface area contributed by atoms with Crippen molar-refractivity contribution in [3.8, 4) is 0 Å². The third kappa shape index (κ3) is 3.07. The zero-order valence-corrected chi connectivity index (χ0v) is 13.8. The van der Waals surface area contributed by atoms with E-state index in [9.17, 15) is 9.59 Å². The molecule has 0 radical (unpaired) electrons. The van der Waals surface area contributed by atoms with Crippen LogP contribution in [0.3, 0.4) is 0 Å². The fourth-order valence-electron chi connectivity index (χ4n) is 3.28. The molecule has 0 aliphatic heterocycles. The minimum Gasteiger partial charge on any atom is -0.354 e. The monoisotopic (exact) mass is 310 g/mol. The van der Waals surface area contributed by atoms with Gasteiger partial charge in [-0.15, -0.1) is 0 Å². The van der Waals surface area contributed by atoms with Crippen LogP contribution in [0, 0.1) is 19.8 Å². The van der Waals surface area contributed by atoms with Crippen LogP contribution < -0.4 is 5.32 Å². The second kappa shape index (κ2) is 6.03. The number of aromatic amines is 1. The molecule has 1 atom stereocenters. The van der Waals surface area contributed by atoms with Gasteiger partial charge in [0.05, 0.1) is 6.04 Å². The van der Waals surface area contributed by atoms with Crippen molar-refractivity contribution < 1.29 is 9.59 Å². The van der Waals surface area contributed by atoms with E-state index in [2.05, 4.69) is 22.4 Å². The number of carbonyl (C=O) groups is 2. The highest BCUT2D eigenvalue weighted by atomic mass is 16.2. The summed E-state index contributed by atoms with van der Waals surface area (Å²) in [5, 5.41) is 3.15. The zero-order valence-electron chi connectivity index (χ0n) is 13.8. The molecule has 1 aliphatic carbocycles. The van der Waals surface area contributed by atoms with E-state index < -0.39 is 0 Å². The average molecular weight is 310 g/mol. The van der Waals surface area contributed by atoms with Gasteiger partial charge in [-0.05, 0) is 50.7 Å². The SMILES string of the molecule is CC(=O)c1c(C)[nH]c(C(=O)N[C@H](c2ccccc2)C2CC2)c1C. The van der Waals surface area contributed by atoms with Crippen molar-refractivity contribution >= 4 is 11.7 Å². The Hall–Kier alpha value is -2.36. The second-order valence-electron chi connectivity index (χ2n) is 6.38. The highest BCUT2D eigenvalue weighted by Gasteiger charge is 2.34. The first-order valence-corrected chi connectivity index (χ1v) is 8.05. The van der Waals surface area contributed by atoms with Gasteiger partial charge in [-0.3, -0.25) is 9.59 Å². The molecule has 1 aliphatic rings. The predicted octanol–water partition coefficient (Wildman–Crippen LogP) is 3.72. The molecule has 4 heteroatoms. The molecule has 23 heavy (non-hydrogen) atoms. The number of amides is 1. The van der Waals surface area contributed by atoms with Crippen molar-refractivity contribution in [2.24, 2.45) is 5.92 Å². The number of rotatable bonds is 5. The first kappa shape index (κ1) is 15.5. The van der Waals surface area contributed by atoms with Crippen LogP contribution in [0.2, 0.25) is 0 Å². The summed E-state index contributed by atoms with van der Waals surface area (Å²) in [6, 6.07) is 10.1. The number of hydrogen-bond acceptors (Lipinski definition) is 2. The molecule has 0 spiro atoms. The van der Waals surface area contributed by atoms with E-state index in [0.717, 1.165) is 29.7 Å². The lowest BCUT2D eigenvalue weighted by Crippen LogP contribution is -2.30. The molecule has 0 bridgehead atoms. The van der Waals surface area contributed by atoms with Gasteiger partial charge in [-0.25, -0.2) is 0 Å². The van der Waals surface area contributed by atoms with Gasteiger partial charge in [0.25, 0.3) is 5.91 Å². The summed E-state index contributed by atoms with van der Waals surface area (Å²) in [4.78, 5) is 27.5. The molecule has 2 aromatic rings. The van der Waals surface area contributed by atoms with Crippen LogP contribution in [0.1, 0.15) is 63.5 Å². The molecule has 4 nitrogen and oxygen atoms in total. The summed E-state index contributed by atoms with van der Waals surface area (Å²) in [5.41, 5.74) is 3.74. The maximum absolute atomic E-state index is 12.7. The summed E-state index contributed by atoms with van der Waals surface area (Å²) in [6.45, 7) is 5.18. The van der Waals surface area contributed by atoms with Crippen LogP contribution in [0.4, 0.5) is 0 Å². The highest BCUT2D eigenvalue weighted by Crippen LogP contribution is 2.41. The van der Waals surface area contributed by atoms with Crippen LogP contribution in [0.15, 0.2) is 30.3 Å². The van der Waals surface area contributed by atoms with Crippen molar-refractivity contribution in [2.75, 3.05) is 0 Å². The van der Waals surface area contributed by atoms with Crippen LogP contribution in [-0.2, 0) is 0 Å². The number of H-pyrrole nitrogens is 1. The minimum atomic E-state index is -0.140. The van der Waals surface area contributed by atoms with Crippen LogP contribution >= 0.6 is 0 Å². The molecule has 1 saturated carbocycles. The number of hydrogen-bond donors (Lipinski definition) is 2. The van der Waals surface area contributed by atoms with Gasteiger partial charge in [-0.1, -0.05) is 30.3 Å². The second-order valence-corrected chi connectivity index (χ2v) is 6.38. The van der Waals surface area contributed by atoms with E-state index in [-0.39, 0.29) is 17.7 Å². The summed E-state index contributed by atoms with van der Waals surface area (Å²) >= 11 is 0. The van der Waals surface area contributed by atoms with Crippen LogP contribution in [0.25, 0.3) is 0 Å². The number of carbonyl (C=O) groups excluding carboxylic acids is 2. The smallest absolute Gasteiger partial charge is 0.268 e. The van der Waals surface area contributed by atoms with Gasteiger partial charge in [0.2, 0.25) is 0 Å². The standard InChI is InChI=1S/C19H22N2O2/c1-11-16(13(3)22)12(2)20-17(11)19(23)21-18(15-9-10-15)14-7-5-4-6-8-14/h4-8,15,18,20H,9-10H2,1-3H3,(H,21,23)/t18-/m1/s1. The van der Waals surface area contributed by atoms with Crippen LogP contribution in [-0.4, -0.2) is 16.7 Å². The number of nitrogens with one attached hydrogen (secondary N) is 2. The van der Waals surface area contributed by atoms with E-state index in [1.807, 2.05) is 32.0 Å². The summed E-state index contributed by atoms with van der Waals surface area (Å²) < 4.78 is 0. The molecule has 1 aromatic carbocycles. The Kier molecular flexibility index (Phi) is 4.07. The summed E-state index contributed by atoms with van der Waals surface area (Å²) in [6.07, 6.45) is 2.28. The van der Waals surface area contributed by atoms with Gasteiger partial charge >= 0.3 is 0 Å². The fraction of sp³-hybridized carbons (Fsp3) is 0.368. The van der Waals surface area contributed by atoms with E-state index in [4.69, 9.17) is 0 Å². The van der Waals surface area contributed by atoms with Gasteiger partial charge < -0.3 is 10.3 Å². The van der Waals surface area contributed by atoms with Gasteiger partial charge in [0.1, 0.15) is 5.69 Å². The van der Waals surface area contributed by atoms with E-state index in [0.29, 0.717) is 17.2 Å². The lowest BCUT2D eigenvalue weighted by atomic mass is 10.0. The molecule has 1 fully saturated rings. The third-order valence-electron chi connectivity index (χ3n) is 4.56. The van der Waals surface area contributed by atoms with Crippen LogP contribution in [0.5, 0.6) is 0 Å². The molecule has 1 heterocycles. The lowest BCUT2D eigenvalue weighted by molar-refractivity contribution is 0.0926. The maximum Gasteiger partial charge on any atom is 0.268 e. The molecular formula is C19H22N2O2.